The summed E-state index contributed by atoms with van der Waals surface area (Å²) in [4.78, 5) is 32.7. The van der Waals surface area contributed by atoms with Gasteiger partial charge in [0.2, 0.25) is 0 Å². The quantitative estimate of drug-likeness (QED) is 0.287. The second-order valence-corrected chi connectivity index (χ2v) is 10.3. The first-order valence-corrected chi connectivity index (χ1v) is 12.5. The number of rotatable bonds is 9. The maximum Gasteiger partial charge on any atom is 0.261 e. The fourth-order valence-corrected chi connectivity index (χ4v) is 5.05. The van der Waals surface area contributed by atoms with Crippen molar-refractivity contribution in [1.82, 2.24) is 10.2 Å². The van der Waals surface area contributed by atoms with Crippen LogP contribution in [0.15, 0.2) is 40.7 Å². The van der Waals surface area contributed by atoms with Gasteiger partial charge in [0.1, 0.15) is 12.3 Å². The lowest BCUT2D eigenvalue weighted by Crippen LogP contribution is -2.30. The van der Waals surface area contributed by atoms with E-state index in [0.29, 0.717) is 42.5 Å². The molecular formula is C23H23Cl2N3O3S2. The van der Waals surface area contributed by atoms with Crippen molar-refractivity contribution in [3.8, 4) is 16.2 Å². The Bertz CT molecular complexity index is 1200. The number of halogens is 2. The molecule has 10 heteroatoms. The third-order valence-electron chi connectivity index (χ3n) is 4.75. The van der Waals surface area contributed by atoms with Gasteiger partial charge in [0.25, 0.3) is 5.91 Å². The maximum absolute atomic E-state index is 12.6. The summed E-state index contributed by atoms with van der Waals surface area (Å²) < 4.78 is 0. The molecule has 3 rings (SSSR count). The molecule has 6 nitrogen and oxygen atoms in total. The zero-order valence-electron chi connectivity index (χ0n) is 18.3. The number of nitrogens with zero attached hydrogens (tertiary/aromatic N) is 2. The second kappa shape index (κ2) is 11.3. The Morgan fingerprint density at radius 2 is 1.85 bits per heavy atom. The Balaban J connectivity index is 1.66. The molecule has 0 radical (unpaired) electrons. The maximum atomic E-state index is 12.6. The molecule has 0 unspecified atom stereocenters. The monoisotopic (exact) mass is 523 g/mol. The van der Waals surface area contributed by atoms with Crippen LogP contribution < -0.4 is 5.32 Å². The molecule has 0 saturated carbocycles. The average molecular weight is 524 g/mol. The van der Waals surface area contributed by atoms with Crippen LogP contribution in [0.4, 0.5) is 0 Å². The van der Waals surface area contributed by atoms with Crippen molar-refractivity contribution in [2.45, 2.75) is 6.92 Å². The summed E-state index contributed by atoms with van der Waals surface area (Å²) in [6.07, 6.45) is 0. The van der Waals surface area contributed by atoms with Gasteiger partial charge in [-0.15, -0.1) is 22.7 Å². The van der Waals surface area contributed by atoms with Crippen LogP contribution in [0.1, 0.15) is 31.8 Å². The molecule has 0 spiro atoms. The Kier molecular flexibility index (Phi) is 8.67. The molecule has 1 amide bonds. The lowest BCUT2D eigenvalue weighted by Gasteiger charge is -2.09. The van der Waals surface area contributed by atoms with E-state index in [1.54, 1.807) is 42.6 Å². The number of thiophene rings is 2. The molecule has 0 aliphatic heterocycles. The highest BCUT2D eigenvalue weighted by molar-refractivity contribution is 7.16. The summed E-state index contributed by atoms with van der Waals surface area (Å²) in [5.74, 6) is -0.301. The average Bonchev–Trinajstić information content (AvgIpc) is 3.41. The summed E-state index contributed by atoms with van der Waals surface area (Å²) in [5.41, 5.74) is 1.85. The molecule has 0 bridgehead atoms. The third-order valence-corrected chi connectivity index (χ3v) is 7.63. The normalized spacial score (nSPS) is 11.8. The molecule has 3 aromatic rings. The molecule has 0 aliphatic carbocycles. The van der Waals surface area contributed by atoms with E-state index in [-0.39, 0.29) is 24.0 Å². The lowest BCUT2D eigenvalue weighted by molar-refractivity contribution is 0.0954. The van der Waals surface area contributed by atoms with Crippen LogP contribution in [-0.4, -0.2) is 61.1 Å². The Hall–Kier alpha value is -2.23. The fraction of sp³-hybridized carbons (Fsp3) is 0.261. The van der Waals surface area contributed by atoms with Gasteiger partial charge >= 0.3 is 0 Å². The number of benzene rings is 1. The van der Waals surface area contributed by atoms with Gasteiger partial charge in [0.05, 0.1) is 24.7 Å². The first-order chi connectivity index (χ1) is 15.7. The molecule has 33 heavy (non-hydrogen) atoms. The minimum Gasteiger partial charge on any atom is -0.506 e. The van der Waals surface area contributed by atoms with Crippen LogP contribution in [-0.2, 0) is 0 Å². The van der Waals surface area contributed by atoms with Gasteiger partial charge in [0, 0.05) is 29.7 Å². The number of nitrogens with one attached hydrogen (secondary N) is 1. The standard InChI is InChI=1S/C23H23Cl2N3O3S2/c1-13(15-12-32-22(21(15)30)14-4-5-16(24)17(25)10-14)27-11-18(29)19-6-7-20(33-19)23(31)26-8-9-28(2)3/h4-7,10,12,30H,8-9,11H2,1-3H3,(H,26,31). The van der Waals surface area contributed by atoms with Crippen molar-refractivity contribution in [3.63, 3.8) is 0 Å². The van der Waals surface area contributed by atoms with E-state index in [1.807, 2.05) is 19.0 Å². The number of carbonyl (C=O) groups excluding carboxylic acids is 2. The minimum atomic E-state index is -0.196. The molecule has 2 heterocycles. The summed E-state index contributed by atoms with van der Waals surface area (Å²) in [5, 5.41) is 16.2. The lowest BCUT2D eigenvalue weighted by atomic mass is 10.1. The summed E-state index contributed by atoms with van der Waals surface area (Å²) in [6.45, 7) is 2.93. The van der Waals surface area contributed by atoms with Crippen molar-refractivity contribution in [3.05, 3.63) is 61.1 Å². The van der Waals surface area contributed by atoms with Crippen LogP contribution in [0, 0.1) is 0 Å². The topological polar surface area (TPSA) is 82.0 Å². The molecule has 2 aromatic heterocycles. The van der Waals surface area contributed by atoms with Crippen LogP contribution in [0.25, 0.3) is 10.4 Å². The number of aliphatic imine (C=N–C) groups is 1. The predicted molar refractivity (Wildman–Crippen MR) is 138 cm³/mol. The molecule has 1 aromatic carbocycles. The zero-order chi connectivity index (χ0) is 24.1. The zero-order valence-corrected chi connectivity index (χ0v) is 21.5. The van der Waals surface area contributed by atoms with E-state index in [0.717, 1.165) is 23.4 Å². The van der Waals surface area contributed by atoms with Gasteiger partial charge in [-0.25, -0.2) is 0 Å². The Morgan fingerprint density at radius 1 is 1.12 bits per heavy atom. The van der Waals surface area contributed by atoms with Gasteiger partial charge in [-0.2, -0.15) is 0 Å². The number of ketones is 1. The SMILES string of the molecule is CC(=NCC(=O)c1ccc(C(=O)NCCN(C)C)s1)c1csc(-c2ccc(Cl)c(Cl)c2)c1O. The number of carbonyl (C=O) groups is 2. The van der Waals surface area contributed by atoms with E-state index in [1.165, 1.54) is 11.3 Å². The highest BCUT2D eigenvalue weighted by Gasteiger charge is 2.17. The Labute approximate surface area is 210 Å². The van der Waals surface area contributed by atoms with Crippen molar-refractivity contribution in [1.29, 1.82) is 0 Å². The molecule has 2 N–H and O–H groups in total. The van der Waals surface area contributed by atoms with E-state index >= 15 is 0 Å². The smallest absolute Gasteiger partial charge is 0.261 e. The molecular weight excluding hydrogens is 501 g/mol. The highest BCUT2D eigenvalue weighted by atomic mass is 35.5. The number of amides is 1. The van der Waals surface area contributed by atoms with Crippen LogP contribution in [0.2, 0.25) is 10.0 Å². The van der Waals surface area contributed by atoms with Crippen molar-refractivity contribution >= 4 is 63.3 Å². The van der Waals surface area contributed by atoms with Gasteiger partial charge in [0.15, 0.2) is 5.78 Å². The van der Waals surface area contributed by atoms with Gasteiger partial charge in [-0.3, -0.25) is 14.6 Å². The van der Waals surface area contributed by atoms with E-state index in [4.69, 9.17) is 23.2 Å². The fourth-order valence-electron chi connectivity index (χ4n) is 2.89. The highest BCUT2D eigenvalue weighted by Crippen LogP contribution is 2.40. The van der Waals surface area contributed by atoms with Crippen LogP contribution >= 0.6 is 45.9 Å². The Morgan fingerprint density at radius 3 is 2.55 bits per heavy atom. The number of Topliss-reactive ketones (excluding diaryl/α,β-unsaturated/α-hetero) is 1. The predicted octanol–water partition coefficient (Wildman–Crippen LogP) is 5.47. The number of hydrogen-bond acceptors (Lipinski definition) is 7. The van der Waals surface area contributed by atoms with Gasteiger partial charge in [-0.1, -0.05) is 29.3 Å². The van der Waals surface area contributed by atoms with Crippen molar-refractivity contribution < 1.29 is 14.7 Å². The van der Waals surface area contributed by atoms with E-state index in [2.05, 4.69) is 10.3 Å². The minimum absolute atomic E-state index is 0.0779. The molecule has 0 aliphatic rings. The van der Waals surface area contributed by atoms with Crippen molar-refractivity contribution in [2.24, 2.45) is 4.99 Å². The third kappa shape index (κ3) is 6.43. The van der Waals surface area contributed by atoms with Crippen LogP contribution in [0.5, 0.6) is 5.75 Å². The van der Waals surface area contributed by atoms with Crippen LogP contribution in [0.3, 0.4) is 0 Å². The number of hydrogen-bond donors (Lipinski definition) is 2. The molecule has 0 fully saturated rings. The number of likely N-dealkylation sites (N-methyl/N-ethyl adjacent to an activating group) is 1. The molecule has 174 valence electrons. The summed E-state index contributed by atoms with van der Waals surface area (Å²) in [7, 11) is 3.86. The largest absolute Gasteiger partial charge is 0.506 e. The molecule has 0 atom stereocenters. The van der Waals surface area contributed by atoms with E-state index < -0.39 is 0 Å². The van der Waals surface area contributed by atoms with Gasteiger partial charge < -0.3 is 15.3 Å². The van der Waals surface area contributed by atoms with Crippen molar-refractivity contribution in [2.75, 3.05) is 33.7 Å². The summed E-state index contributed by atoms with van der Waals surface area (Å²) in [6, 6.07) is 8.44. The number of aromatic hydroxyl groups is 1. The first kappa shape index (κ1) is 25.4. The summed E-state index contributed by atoms with van der Waals surface area (Å²) >= 11 is 14.6. The molecule has 0 saturated heterocycles. The van der Waals surface area contributed by atoms with E-state index in [9.17, 15) is 14.7 Å². The van der Waals surface area contributed by atoms with Gasteiger partial charge in [-0.05, 0) is 50.8 Å². The first-order valence-electron chi connectivity index (χ1n) is 10.0. The second-order valence-electron chi connectivity index (χ2n) is 7.50.